The van der Waals surface area contributed by atoms with E-state index in [9.17, 15) is 0 Å². The molecule has 5 aromatic carbocycles. The maximum atomic E-state index is 2.41. The maximum absolute atomic E-state index is 2.41. The van der Waals surface area contributed by atoms with Gasteiger partial charge >= 0.3 is 0 Å². The number of benzene rings is 5. The van der Waals surface area contributed by atoms with E-state index in [1.807, 2.05) is 0 Å². The number of hydrogen-bond acceptors (Lipinski definition) is 0. The Kier molecular flexibility index (Phi) is 3.15. The zero-order chi connectivity index (χ0) is 18.0. The van der Waals surface area contributed by atoms with E-state index in [1.165, 1.54) is 65.7 Å². The predicted octanol–water partition coefficient (Wildman–Crippen LogP) is 7.48. The van der Waals surface area contributed by atoms with Gasteiger partial charge in [-0.05, 0) is 93.9 Å². The Bertz CT molecular complexity index is 1290. The van der Waals surface area contributed by atoms with Crippen LogP contribution in [0.15, 0.2) is 60.7 Å². The van der Waals surface area contributed by atoms with Gasteiger partial charge in [0.1, 0.15) is 0 Å². The van der Waals surface area contributed by atoms with Crippen molar-refractivity contribution in [2.45, 2.75) is 27.7 Å². The molecule has 0 fully saturated rings. The molecular formula is C26H22. The van der Waals surface area contributed by atoms with Crippen LogP contribution in [0.5, 0.6) is 0 Å². The minimum Gasteiger partial charge on any atom is -0.0587 e. The van der Waals surface area contributed by atoms with Crippen LogP contribution in [0.25, 0.3) is 43.4 Å². The number of rotatable bonds is 1. The first-order chi connectivity index (χ1) is 12.5. The van der Waals surface area contributed by atoms with Crippen molar-refractivity contribution in [3.05, 3.63) is 82.9 Å². The molecule has 126 valence electrons. The van der Waals surface area contributed by atoms with Gasteiger partial charge in [0.25, 0.3) is 0 Å². The van der Waals surface area contributed by atoms with Gasteiger partial charge in [-0.25, -0.2) is 0 Å². The smallest absolute Gasteiger partial charge is 0.00177 e. The van der Waals surface area contributed by atoms with Crippen molar-refractivity contribution < 1.29 is 0 Å². The van der Waals surface area contributed by atoms with Gasteiger partial charge in [-0.1, -0.05) is 60.2 Å². The molecule has 5 rings (SSSR count). The highest BCUT2D eigenvalue weighted by molar-refractivity contribution is 6.28. The molecule has 0 nitrogen and oxygen atoms in total. The summed E-state index contributed by atoms with van der Waals surface area (Å²) in [5.74, 6) is 0. The largest absolute Gasteiger partial charge is 0.0587 e. The van der Waals surface area contributed by atoms with Gasteiger partial charge in [-0.15, -0.1) is 0 Å². The third-order valence-corrected chi connectivity index (χ3v) is 5.87. The van der Waals surface area contributed by atoms with Gasteiger partial charge in [-0.3, -0.25) is 0 Å². The Morgan fingerprint density at radius 1 is 0.500 bits per heavy atom. The molecule has 0 amide bonds. The van der Waals surface area contributed by atoms with Gasteiger partial charge < -0.3 is 0 Å². The first kappa shape index (κ1) is 15.4. The molecule has 0 saturated heterocycles. The second kappa shape index (κ2) is 5.32. The highest BCUT2D eigenvalue weighted by atomic mass is 14.2. The van der Waals surface area contributed by atoms with Gasteiger partial charge in [0.05, 0.1) is 0 Å². The van der Waals surface area contributed by atoms with Crippen molar-refractivity contribution in [2.75, 3.05) is 0 Å². The molecule has 0 aliphatic rings. The topological polar surface area (TPSA) is 0 Å². The summed E-state index contributed by atoms with van der Waals surface area (Å²) in [6.07, 6.45) is 0. The van der Waals surface area contributed by atoms with E-state index >= 15 is 0 Å². The second-order valence-corrected chi connectivity index (χ2v) is 7.69. The molecule has 0 heteroatoms. The Labute approximate surface area is 154 Å². The lowest BCUT2D eigenvalue weighted by Crippen LogP contribution is -1.93. The van der Waals surface area contributed by atoms with E-state index in [0.29, 0.717) is 0 Å². The van der Waals surface area contributed by atoms with E-state index < -0.39 is 0 Å². The highest BCUT2D eigenvalue weighted by Gasteiger charge is 2.16. The Balaban J connectivity index is 2.08. The molecule has 0 saturated carbocycles. The van der Waals surface area contributed by atoms with Crippen LogP contribution in [0.1, 0.15) is 22.3 Å². The molecule has 0 aromatic heterocycles. The molecule has 5 aromatic rings. The SMILES string of the molecule is Cc1ccc(-c2cc3c(C)cc(C)c4ccc5ccc(C)c2c5c43)cc1. The second-order valence-electron chi connectivity index (χ2n) is 7.69. The Morgan fingerprint density at radius 3 is 1.96 bits per heavy atom. The lowest BCUT2D eigenvalue weighted by Gasteiger charge is -2.19. The zero-order valence-corrected chi connectivity index (χ0v) is 15.8. The Morgan fingerprint density at radius 2 is 1.19 bits per heavy atom. The van der Waals surface area contributed by atoms with Crippen LogP contribution in [0, 0.1) is 27.7 Å². The zero-order valence-electron chi connectivity index (χ0n) is 15.8. The average molecular weight is 334 g/mol. The molecule has 0 bridgehead atoms. The van der Waals surface area contributed by atoms with Gasteiger partial charge in [0.2, 0.25) is 0 Å². The number of hydrogen-bond donors (Lipinski definition) is 0. The first-order valence-corrected chi connectivity index (χ1v) is 9.30. The fourth-order valence-corrected chi connectivity index (χ4v) is 4.52. The summed E-state index contributed by atoms with van der Waals surface area (Å²) in [6.45, 7) is 8.86. The fraction of sp³-hybridized carbons (Fsp3) is 0.154. The van der Waals surface area contributed by atoms with Crippen LogP contribution < -0.4 is 0 Å². The van der Waals surface area contributed by atoms with Crippen molar-refractivity contribution in [3.8, 4) is 11.1 Å². The predicted molar refractivity (Wildman–Crippen MR) is 115 cm³/mol. The average Bonchev–Trinajstić information content (AvgIpc) is 2.64. The minimum atomic E-state index is 1.30. The first-order valence-electron chi connectivity index (χ1n) is 9.30. The summed E-state index contributed by atoms with van der Waals surface area (Å²) in [4.78, 5) is 0. The monoisotopic (exact) mass is 334 g/mol. The molecular weight excluding hydrogens is 312 g/mol. The molecule has 0 aliphatic carbocycles. The standard InChI is InChI=1S/C26H22/c1-15-5-8-19(9-6-15)23-14-22-18(4)13-17(3)21-12-11-20-10-7-16(2)24(23)25(20)26(21)22/h5-14H,1-4H3. The van der Waals surface area contributed by atoms with Crippen LogP contribution in [-0.4, -0.2) is 0 Å². The highest BCUT2D eigenvalue weighted by Crippen LogP contribution is 2.43. The Hall–Kier alpha value is -2.86. The van der Waals surface area contributed by atoms with E-state index in [0.717, 1.165) is 0 Å². The van der Waals surface area contributed by atoms with Crippen LogP contribution in [0.2, 0.25) is 0 Å². The van der Waals surface area contributed by atoms with Crippen molar-refractivity contribution >= 4 is 32.3 Å². The lowest BCUT2D eigenvalue weighted by atomic mass is 9.84. The maximum Gasteiger partial charge on any atom is -0.00177 e. The van der Waals surface area contributed by atoms with E-state index in [2.05, 4.69) is 88.4 Å². The summed E-state index contributed by atoms with van der Waals surface area (Å²) in [7, 11) is 0. The molecule has 26 heavy (non-hydrogen) atoms. The minimum absolute atomic E-state index is 1.30. The molecule has 0 spiro atoms. The molecule has 0 N–H and O–H groups in total. The molecule has 0 aliphatic heterocycles. The van der Waals surface area contributed by atoms with Crippen LogP contribution in [0.4, 0.5) is 0 Å². The number of aryl methyl sites for hydroxylation is 4. The van der Waals surface area contributed by atoms with Crippen molar-refractivity contribution in [1.29, 1.82) is 0 Å². The fourth-order valence-electron chi connectivity index (χ4n) is 4.52. The van der Waals surface area contributed by atoms with Gasteiger partial charge in [-0.2, -0.15) is 0 Å². The van der Waals surface area contributed by atoms with Crippen molar-refractivity contribution in [2.24, 2.45) is 0 Å². The normalized spacial score (nSPS) is 11.8. The van der Waals surface area contributed by atoms with Crippen molar-refractivity contribution in [3.63, 3.8) is 0 Å². The lowest BCUT2D eigenvalue weighted by molar-refractivity contribution is 1.45. The van der Waals surface area contributed by atoms with E-state index in [1.54, 1.807) is 0 Å². The summed E-state index contributed by atoms with van der Waals surface area (Å²) < 4.78 is 0. The summed E-state index contributed by atoms with van der Waals surface area (Å²) in [5.41, 5.74) is 8.02. The van der Waals surface area contributed by atoms with Crippen molar-refractivity contribution in [1.82, 2.24) is 0 Å². The molecule has 0 heterocycles. The quantitative estimate of drug-likeness (QED) is 0.279. The van der Waals surface area contributed by atoms with E-state index in [4.69, 9.17) is 0 Å². The van der Waals surface area contributed by atoms with Gasteiger partial charge in [0.15, 0.2) is 0 Å². The van der Waals surface area contributed by atoms with Gasteiger partial charge in [0, 0.05) is 0 Å². The summed E-state index contributed by atoms with van der Waals surface area (Å²) in [6, 6.07) is 22.8. The van der Waals surface area contributed by atoms with Crippen LogP contribution in [0.3, 0.4) is 0 Å². The molecule has 0 unspecified atom stereocenters. The van der Waals surface area contributed by atoms with E-state index in [-0.39, 0.29) is 0 Å². The third-order valence-electron chi connectivity index (χ3n) is 5.87. The molecule has 0 atom stereocenters. The van der Waals surface area contributed by atoms with Crippen LogP contribution in [-0.2, 0) is 0 Å². The molecule has 0 radical (unpaired) electrons. The van der Waals surface area contributed by atoms with Crippen LogP contribution >= 0.6 is 0 Å². The third kappa shape index (κ3) is 2.02. The summed E-state index contributed by atoms with van der Waals surface area (Å²) in [5, 5.41) is 8.34. The summed E-state index contributed by atoms with van der Waals surface area (Å²) >= 11 is 0.